The predicted molar refractivity (Wildman–Crippen MR) is 62.1 cm³/mol. The van der Waals surface area contributed by atoms with Gasteiger partial charge in [0.05, 0.1) is 19.1 Å². The maximum Gasteiger partial charge on any atom is 0.312 e. The van der Waals surface area contributed by atoms with Crippen molar-refractivity contribution in [2.24, 2.45) is 5.92 Å². The topological polar surface area (TPSA) is 59.3 Å². The summed E-state index contributed by atoms with van der Waals surface area (Å²) in [6.45, 7) is 6.08. The zero-order valence-corrected chi connectivity index (χ0v) is 11.4. The lowest BCUT2D eigenvalue weighted by molar-refractivity contribution is -0.150. The minimum atomic E-state index is -1.85. The highest BCUT2D eigenvalue weighted by Crippen LogP contribution is 2.40. The van der Waals surface area contributed by atoms with Gasteiger partial charge in [-0.3, -0.25) is 4.79 Å². The Labute approximate surface area is 97.7 Å². The number of hydrogen-bond acceptors (Lipinski definition) is 4. The fraction of sp³-hybridized carbons (Fsp3) is 0.818. The highest BCUT2D eigenvalue weighted by Gasteiger charge is 2.51. The first-order valence-corrected chi connectivity index (χ1v) is 8.95. The van der Waals surface area contributed by atoms with Crippen molar-refractivity contribution in [1.29, 1.82) is 5.26 Å². The molecular weight excluding hydrogens is 222 g/mol. The number of nitrogens with zero attached hydrogens (tertiary/aromatic N) is 1. The van der Waals surface area contributed by atoms with Crippen LogP contribution in [0, 0.1) is 17.2 Å². The molecular formula is C11H19NO3Si. The van der Waals surface area contributed by atoms with Gasteiger partial charge in [-0.05, 0) is 38.9 Å². The van der Waals surface area contributed by atoms with Gasteiger partial charge in [0.25, 0.3) is 0 Å². The molecule has 0 aromatic carbocycles. The number of ether oxygens (including phenoxy) is 1. The first-order chi connectivity index (χ1) is 7.34. The van der Waals surface area contributed by atoms with E-state index in [1.807, 2.05) is 19.6 Å². The van der Waals surface area contributed by atoms with Crippen LogP contribution in [0.5, 0.6) is 0 Å². The first-order valence-electron chi connectivity index (χ1n) is 5.54. The zero-order valence-electron chi connectivity index (χ0n) is 10.4. The molecule has 0 heterocycles. The van der Waals surface area contributed by atoms with Crippen LogP contribution in [0.15, 0.2) is 0 Å². The molecule has 1 fully saturated rings. The molecule has 1 saturated carbocycles. The van der Waals surface area contributed by atoms with Crippen molar-refractivity contribution in [3.05, 3.63) is 0 Å². The van der Waals surface area contributed by atoms with Crippen molar-refractivity contribution >= 4 is 14.3 Å². The molecule has 5 heteroatoms. The quantitative estimate of drug-likeness (QED) is 0.560. The van der Waals surface area contributed by atoms with Crippen LogP contribution in [-0.2, 0) is 14.0 Å². The van der Waals surface area contributed by atoms with Gasteiger partial charge in [0.2, 0.25) is 0 Å². The fourth-order valence-corrected chi connectivity index (χ4v) is 3.63. The molecule has 1 aliphatic rings. The standard InChI is InChI=1S/C11H19NO3Si/c1-14-10(13)9-6-5-7-11(9,8-12)15-16(2,3)4/h9H,5-7H2,1-4H3. The van der Waals surface area contributed by atoms with Crippen molar-refractivity contribution in [1.82, 2.24) is 0 Å². The summed E-state index contributed by atoms with van der Waals surface area (Å²) in [4.78, 5) is 11.6. The Morgan fingerprint density at radius 1 is 1.50 bits per heavy atom. The number of esters is 1. The summed E-state index contributed by atoms with van der Waals surface area (Å²) >= 11 is 0. The second-order valence-corrected chi connectivity index (χ2v) is 9.61. The van der Waals surface area contributed by atoms with Crippen molar-refractivity contribution in [3.63, 3.8) is 0 Å². The SMILES string of the molecule is COC(=O)C1CCCC1(C#N)O[Si](C)(C)C. The van der Waals surface area contributed by atoms with E-state index >= 15 is 0 Å². The summed E-state index contributed by atoms with van der Waals surface area (Å²) in [6.07, 6.45) is 2.16. The fourth-order valence-electron chi connectivity index (χ4n) is 2.25. The van der Waals surface area contributed by atoms with Crippen molar-refractivity contribution < 1.29 is 14.0 Å². The normalized spacial score (nSPS) is 29.8. The molecule has 1 rings (SSSR count). The molecule has 0 aromatic rings. The van der Waals surface area contributed by atoms with Crippen LogP contribution in [0.25, 0.3) is 0 Å². The van der Waals surface area contributed by atoms with E-state index < -0.39 is 19.8 Å². The first kappa shape index (κ1) is 13.2. The zero-order chi connectivity index (χ0) is 12.4. The Hall–Kier alpha value is -0.863. The third kappa shape index (κ3) is 2.63. The number of nitriles is 1. The van der Waals surface area contributed by atoms with Gasteiger partial charge in [0, 0.05) is 0 Å². The Morgan fingerprint density at radius 3 is 2.56 bits per heavy atom. The summed E-state index contributed by atoms with van der Waals surface area (Å²) in [5.41, 5.74) is -0.947. The smallest absolute Gasteiger partial charge is 0.312 e. The summed E-state index contributed by atoms with van der Waals surface area (Å²) in [5.74, 6) is -0.744. The monoisotopic (exact) mass is 241 g/mol. The number of carbonyl (C=O) groups is 1. The Bertz CT molecular complexity index is 318. The molecule has 0 aromatic heterocycles. The van der Waals surface area contributed by atoms with Gasteiger partial charge in [-0.25, -0.2) is 0 Å². The second kappa shape index (κ2) is 4.56. The molecule has 0 amide bonds. The molecule has 2 atom stereocenters. The van der Waals surface area contributed by atoms with Gasteiger partial charge in [-0.15, -0.1) is 0 Å². The largest absolute Gasteiger partial charge is 0.469 e. The third-order valence-electron chi connectivity index (χ3n) is 2.77. The summed E-state index contributed by atoms with van der Waals surface area (Å²) in [7, 11) is -0.488. The molecule has 0 radical (unpaired) electrons. The average Bonchev–Trinajstić information content (AvgIpc) is 2.58. The number of rotatable bonds is 3. The maximum absolute atomic E-state index is 11.6. The molecule has 0 spiro atoms. The molecule has 2 unspecified atom stereocenters. The lowest BCUT2D eigenvalue weighted by atomic mass is 9.92. The van der Waals surface area contributed by atoms with Gasteiger partial charge in [0.15, 0.2) is 13.9 Å². The Kier molecular flexibility index (Phi) is 3.76. The van der Waals surface area contributed by atoms with E-state index in [0.29, 0.717) is 12.8 Å². The van der Waals surface area contributed by atoms with Crippen LogP contribution in [0.3, 0.4) is 0 Å². The molecule has 16 heavy (non-hydrogen) atoms. The molecule has 0 saturated heterocycles. The van der Waals surface area contributed by atoms with Crippen LogP contribution < -0.4 is 0 Å². The van der Waals surface area contributed by atoms with E-state index in [4.69, 9.17) is 9.16 Å². The number of hydrogen-bond donors (Lipinski definition) is 0. The van der Waals surface area contributed by atoms with Crippen LogP contribution in [0.2, 0.25) is 19.6 Å². The molecule has 1 aliphatic carbocycles. The summed E-state index contributed by atoms with van der Waals surface area (Å²) in [5, 5.41) is 9.33. The van der Waals surface area contributed by atoms with Crippen LogP contribution in [0.4, 0.5) is 0 Å². The highest BCUT2D eigenvalue weighted by atomic mass is 28.4. The summed E-state index contributed by atoms with van der Waals surface area (Å²) < 4.78 is 10.7. The van der Waals surface area contributed by atoms with Gasteiger partial charge in [-0.2, -0.15) is 5.26 Å². The summed E-state index contributed by atoms with van der Waals surface area (Å²) in [6, 6.07) is 2.21. The highest BCUT2D eigenvalue weighted by molar-refractivity contribution is 6.69. The average molecular weight is 241 g/mol. The van der Waals surface area contributed by atoms with E-state index in [-0.39, 0.29) is 5.97 Å². The van der Waals surface area contributed by atoms with Gasteiger partial charge in [-0.1, -0.05) is 0 Å². The second-order valence-electron chi connectivity index (χ2n) is 5.18. The van der Waals surface area contributed by atoms with Gasteiger partial charge >= 0.3 is 5.97 Å². The van der Waals surface area contributed by atoms with E-state index in [1.54, 1.807) is 0 Å². The molecule has 4 nitrogen and oxygen atoms in total. The van der Waals surface area contributed by atoms with E-state index in [0.717, 1.165) is 6.42 Å². The number of methoxy groups -OCH3 is 1. The van der Waals surface area contributed by atoms with Gasteiger partial charge in [0.1, 0.15) is 0 Å². The van der Waals surface area contributed by atoms with Crippen molar-refractivity contribution in [2.75, 3.05) is 7.11 Å². The van der Waals surface area contributed by atoms with E-state index in [9.17, 15) is 10.1 Å². The molecule has 0 aliphatic heterocycles. The van der Waals surface area contributed by atoms with Crippen molar-refractivity contribution in [3.8, 4) is 6.07 Å². The van der Waals surface area contributed by atoms with Gasteiger partial charge < -0.3 is 9.16 Å². The lowest BCUT2D eigenvalue weighted by Gasteiger charge is -2.33. The Morgan fingerprint density at radius 2 is 2.12 bits per heavy atom. The molecule has 90 valence electrons. The van der Waals surface area contributed by atoms with E-state index in [1.165, 1.54) is 7.11 Å². The minimum Gasteiger partial charge on any atom is -0.469 e. The molecule has 0 N–H and O–H groups in total. The van der Waals surface area contributed by atoms with Crippen LogP contribution >= 0.6 is 0 Å². The van der Waals surface area contributed by atoms with Crippen LogP contribution in [0.1, 0.15) is 19.3 Å². The molecule has 0 bridgehead atoms. The number of carbonyl (C=O) groups excluding carboxylic acids is 1. The van der Waals surface area contributed by atoms with Crippen molar-refractivity contribution in [2.45, 2.75) is 44.5 Å². The maximum atomic E-state index is 11.6. The predicted octanol–water partition coefficient (Wildman–Crippen LogP) is 2.07. The third-order valence-corrected chi connectivity index (χ3v) is 3.74. The lowest BCUT2D eigenvalue weighted by Crippen LogP contribution is -2.47. The van der Waals surface area contributed by atoms with E-state index in [2.05, 4.69) is 6.07 Å². The van der Waals surface area contributed by atoms with Crippen LogP contribution in [-0.4, -0.2) is 27.0 Å². The Balaban J connectivity index is 2.94. The minimum absolute atomic E-state index is 0.322.